The summed E-state index contributed by atoms with van der Waals surface area (Å²) in [5.74, 6) is 0.739. The van der Waals surface area contributed by atoms with Gasteiger partial charge in [-0.25, -0.2) is 0 Å². The van der Waals surface area contributed by atoms with Gasteiger partial charge < -0.3 is 4.90 Å². The maximum atomic E-state index is 9.55. The van der Waals surface area contributed by atoms with E-state index in [1.165, 1.54) is 11.1 Å². The maximum absolute atomic E-state index is 9.55. The van der Waals surface area contributed by atoms with Crippen LogP contribution in [0.2, 0.25) is 0 Å². The number of nitrogens with zero attached hydrogens (tertiary/aromatic N) is 5. The molecule has 1 aromatic carbocycles. The summed E-state index contributed by atoms with van der Waals surface area (Å²) in [6.07, 6.45) is 1.06. The number of aryl methyl sites for hydroxylation is 2. The second-order valence-corrected chi connectivity index (χ2v) is 6.76. The molecule has 0 amide bonds. The van der Waals surface area contributed by atoms with E-state index in [-0.39, 0.29) is 0 Å². The SMILES string of the molecule is Cc1ccccc1CN1CCCN(c2nnc(C)c(C)c2C#N)CC1. The number of anilines is 1. The van der Waals surface area contributed by atoms with Crippen LogP contribution in [0.4, 0.5) is 5.82 Å². The standard InChI is InChI=1S/C20H25N5/c1-15-7-4-5-8-18(15)14-24-9-6-10-25(12-11-24)20-19(13-21)16(2)17(3)22-23-20/h4-5,7-8H,6,9-12,14H2,1-3H3. The molecule has 2 aromatic rings. The van der Waals surface area contributed by atoms with Crippen LogP contribution in [0.25, 0.3) is 0 Å². The summed E-state index contributed by atoms with van der Waals surface area (Å²) >= 11 is 0. The summed E-state index contributed by atoms with van der Waals surface area (Å²) in [7, 11) is 0. The molecule has 5 heteroatoms. The zero-order chi connectivity index (χ0) is 17.8. The first-order valence-corrected chi connectivity index (χ1v) is 8.86. The van der Waals surface area contributed by atoms with E-state index in [2.05, 4.69) is 57.3 Å². The lowest BCUT2D eigenvalue weighted by atomic mass is 10.1. The van der Waals surface area contributed by atoms with Crippen molar-refractivity contribution in [2.24, 2.45) is 0 Å². The van der Waals surface area contributed by atoms with Gasteiger partial charge in [-0.15, -0.1) is 5.10 Å². The van der Waals surface area contributed by atoms with Crippen molar-refractivity contribution in [2.75, 3.05) is 31.1 Å². The minimum atomic E-state index is 0.667. The van der Waals surface area contributed by atoms with E-state index >= 15 is 0 Å². The van der Waals surface area contributed by atoms with E-state index in [1.807, 2.05) is 13.8 Å². The molecule has 1 aliphatic heterocycles. The molecule has 0 N–H and O–H groups in total. The molecule has 3 rings (SSSR count). The Morgan fingerprint density at radius 3 is 2.60 bits per heavy atom. The number of nitriles is 1. The Morgan fingerprint density at radius 1 is 1.04 bits per heavy atom. The monoisotopic (exact) mass is 335 g/mol. The van der Waals surface area contributed by atoms with Gasteiger partial charge in [0.1, 0.15) is 11.6 Å². The fourth-order valence-corrected chi connectivity index (χ4v) is 3.32. The van der Waals surface area contributed by atoms with Gasteiger partial charge in [-0.05, 0) is 43.9 Å². The van der Waals surface area contributed by atoms with E-state index in [1.54, 1.807) is 0 Å². The van der Waals surface area contributed by atoms with Crippen molar-refractivity contribution in [1.82, 2.24) is 15.1 Å². The molecule has 0 atom stereocenters. The molecule has 25 heavy (non-hydrogen) atoms. The Kier molecular flexibility index (Phi) is 5.30. The average Bonchev–Trinajstić information content (AvgIpc) is 2.85. The van der Waals surface area contributed by atoms with Crippen LogP contribution in [-0.4, -0.2) is 41.3 Å². The van der Waals surface area contributed by atoms with E-state index in [0.29, 0.717) is 5.56 Å². The van der Waals surface area contributed by atoms with Gasteiger partial charge in [0, 0.05) is 32.7 Å². The smallest absolute Gasteiger partial charge is 0.169 e. The molecule has 2 heterocycles. The second-order valence-electron chi connectivity index (χ2n) is 6.76. The molecule has 5 nitrogen and oxygen atoms in total. The predicted molar refractivity (Wildman–Crippen MR) is 99.5 cm³/mol. The highest BCUT2D eigenvalue weighted by molar-refractivity contribution is 5.57. The van der Waals surface area contributed by atoms with Crippen LogP contribution in [0.1, 0.15) is 34.4 Å². The van der Waals surface area contributed by atoms with Crippen molar-refractivity contribution in [3.8, 4) is 6.07 Å². The number of hydrogen-bond acceptors (Lipinski definition) is 5. The summed E-state index contributed by atoms with van der Waals surface area (Å²) in [6.45, 7) is 10.8. The molecule has 0 aliphatic carbocycles. The predicted octanol–water partition coefficient (Wildman–Crippen LogP) is 2.99. The third kappa shape index (κ3) is 3.80. The van der Waals surface area contributed by atoms with Gasteiger partial charge in [0.25, 0.3) is 0 Å². The third-order valence-corrected chi connectivity index (χ3v) is 5.09. The van der Waals surface area contributed by atoms with E-state index in [0.717, 1.165) is 56.2 Å². The molecule has 0 saturated carbocycles. The topological polar surface area (TPSA) is 56.1 Å². The molecular weight excluding hydrogens is 310 g/mol. The number of aromatic nitrogens is 2. The molecule has 130 valence electrons. The van der Waals surface area contributed by atoms with Crippen molar-refractivity contribution >= 4 is 5.82 Å². The van der Waals surface area contributed by atoms with Crippen LogP contribution in [0.3, 0.4) is 0 Å². The lowest BCUT2D eigenvalue weighted by Crippen LogP contribution is -2.32. The van der Waals surface area contributed by atoms with Gasteiger partial charge >= 0.3 is 0 Å². The molecule has 0 radical (unpaired) electrons. The summed E-state index contributed by atoms with van der Waals surface area (Å²) in [4.78, 5) is 4.71. The first-order valence-electron chi connectivity index (χ1n) is 8.86. The van der Waals surface area contributed by atoms with Crippen LogP contribution >= 0.6 is 0 Å². The fourth-order valence-electron chi connectivity index (χ4n) is 3.32. The zero-order valence-electron chi connectivity index (χ0n) is 15.3. The van der Waals surface area contributed by atoms with Gasteiger partial charge in [0.2, 0.25) is 0 Å². The van der Waals surface area contributed by atoms with Crippen LogP contribution < -0.4 is 4.90 Å². The average molecular weight is 335 g/mol. The highest BCUT2D eigenvalue weighted by Gasteiger charge is 2.21. The number of hydrogen-bond donors (Lipinski definition) is 0. The highest BCUT2D eigenvalue weighted by Crippen LogP contribution is 2.23. The van der Waals surface area contributed by atoms with Crippen molar-refractivity contribution in [1.29, 1.82) is 5.26 Å². The van der Waals surface area contributed by atoms with Crippen LogP contribution in [0, 0.1) is 32.1 Å². The molecular formula is C20H25N5. The molecule has 1 aromatic heterocycles. The summed E-state index contributed by atoms with van der Waals surface area (Å²) in [6, 6.07) is 10.9. The van der Waals surface area contributed by atoms with Gasteiger partial charge in [-0.3, -0.25) is 4.90 Å². The quantitative estimate of drug-likeness (QED) is 0.863. The lowest BCUT2D eigenvalue weighted by molar-refractivity contribution is 0.285. The second kappa shape index (κ2) is 7.62. The number of rotatable bonds is 3. The third-order valence-electron chi connectivity index (χ3n) is 5.09. The minimum absolute atomic E-state index is 0.667. The molecule has 0 bridgehead atoms. The lowest BCUT2D eigenvalue weighted by Gasteiger charge is -2.24. The number of benzene rings is 1. The molecule has 1 aliphatic rings. The van der Waals surface area contributed by atoms with Gasteiger partial charge in [0.15, 0.2) is 5.82 Å². The Balaban J connectivity index is 1.73. The first-order chi connectivity index (χ1) is 12.1. The molecule has 1 fully saturated rings. The summed E-state index contributed by atoms with van der Waals surface area (Å²) in [5.41, 5.74) is 5.17. The summed E-state index contributed by atoms with van der Waals surface area (Å²) in [5, 5.41) is 18.1. The molecule has 1 saturated heterocycles. The zero-order valence-corrected chi connectivity index (χ0v) is 15.3. The van der Waals surface area contributed by atoms with Gasteiger partial charge in [-0.1, -0.05) is 24.3 Å². The van der Waals surface area contributed by atoms with Crippen LogP contribution in [0.5, 0.6) is 0 Å². The van der Waals surface area contributed by atoms with E-state index < -0.39 is 0 Å². The Labute approximate surface area is 149 Å². The van der Waals surface area contributed by atoms with Crippen LogP contribution in [0.15, 0.2) is 24.3 Å². The van der Waals surface area contributed by atoms with Gasteiger partial charge in [0.05, 0.1) is 5.69 Å². The Hall–Kier alpha value is -2.45. The Morgan fingerprint density at radius 2 is 1.84 bits per heavy atom. The Bertz CT molecular complexity index is 793. The first kappa shape index (κ1) is 17.4. The maximum Gasteiger partial charge on any atom is 0.169 e. The highest BCUT2D eigenvalue weighted by atomic mass is 15.3. The van der Waals surface area contributed by atoms with E-state index in [4.69, 9.17) is 0 Å². The molecule has 0 spiro atoms. The molecule has 0 unspecified atom stereocenters. The van der Waals surface area contributed by atoms with Crippen molar-refractivity contribution < 1.29 is 0 Å². The van der Waals surface area contributed by atoms with Crippen LogP contribution in [-0.2, 0) is 6.54 Å². The van der Waals surface area contributed by atoms with Crippen molar-refractivity contribution in [2.45, 2.75) is 33.7 Å². The van der Waals surface area contributed by atoms with Gasteiger partial charge in [-0.2, -0.15) is 10.4 Å². The minimum Gasteiger partial charge on any atom is -0.353 e. The fraction of sp³-hybridized carbons (Fsp3) is 0.450. The normalized spacial score (nSPS) is 15.7. The summed E-state index contributed by atoms with van der Waals surface area (Å²) < 4.78 is 0. The largest absolute Gasteiger partial charge is 0.353 e. The van der Waals surface area contributed by atoms with Crippen molar-refractivity contribution in [3.63, 3.8) is 0 Å². The van der Waals surface area contributed by atoms with Crippen molar-refractivity contribution in [3.05, 3.63) is 52.2 Å². The van der Waals surface area contributed by atoms with E-state index in [9.17, 15) is 5.26 Å².